The molecule has 0 bridgehead atoms. The van der Waals surface area contributed by atoms with Gasteiger partial charge >= 0.3 is 6.18 Å². The van der Waals surface area contributed by atoms with Crippen molar-refractivity contribution >= 4 is 5.69 Å². The number of β-amino-alcohol motifs (C(OH)–C–C–N with tert-alkyl or cyclic N) is 1. The number of hydrogen-bond donors (Lipinski definition) is 2. The van der Waals surface area contributed by atoms with E-state index in [0.29, 0.717) is 30.8 Å². The minimum Gasteiger partial charge on any atom is -0.391 e. The fourth-order valence-electron chi connectivity index (χ4n) is 2.19. The number of nitrogens with zero attached hydrogens (tertiary/aromatic N) is 1. The van der Waals surface area contributed by atoms with Crippen molar-refractivity contribution < 1.29 is 18.3 Å². The summed E-state index contributed by atoms with van der Waals surface area (Å²) in [5.74, 6) is 0. The van der Waals surface area contributed by atoms with Crippen molar-refractivity contribution in [2.24, 2.45) is 5.73 Å². The Morgan fingerprint density at radius 2 is 2.11 bits per heavy atom. The lowest BCUT2D eigenvalue weighted by molar-refractivity contribution is -0.137. The third-order valence-corrected chi connectivity index (χ3v) is 3.13. The molecule has 1 aromatic rings. The number of nitrogens with two attached hydrogens (primary N) is 1. The molecule has 0 spiro atoms. The van der Waals surface area contributed by atoms with Crippen LogP contribution in [0.15, 0.2) is 18.2 Å². The van der Waals surface area contributed by atoms with Crippen LogP contribution in [-0.4, -0.2) is 24.3 Å². The average Bonchev–Trinajstić information content (AvgIpc) is 2.73. The number of aliphatic hydroxyl groups is 1. The number of anilines is 1. The van der Waals surface area contributed by atoms with E-state index in [4.69, 9.17) is 5.73 Å². The topological polar surface area (TPSA) is 49.5 Å². The number of halogens is 3. The van der Waals surface area contributed by atoms with Gasteiger partial charge in [-0.25, -0.2) is 0 Å². The average molecular weight is 260 g/mol. The van der Waals surface area contributed by atoms with E-state index < -0.39 is 17.8 Å². The molecule has 0 aromatic heterocycles. The highest BCUT2D eigenvalue weighted by molar-refractivity contribution is 5.56. The Labute approximate surface area is 103 Å². The first kappa shape index (κ1) is 13.2. The van der Waals surface area contributed by atoms with Gasteiger partial charge in [-0.15, -0.1) is 0 Å². The van der Waals surface area contributed by atoms with Crippen LogP contribution in [0.3, 0.4) is 0 Å². The van der Waals surface area contributed by atoms with Gasteiger partial charge < -0.3 is 15.7 Å². The van der Waals surface area contributed by atoms with Gasteiger partial charge in [0, 0.05) is 25.3 Å². The minimum atomic E-state index is -4.35. The van der Waals surface area contributed by atoms with Crippen LogP contribution in [0.4, 0.5) is 18.9 Å². The Morgan fingerprint density at radius 1 is 1.39 bits per heavy atom. The van der Waals surface area contributed by atoms with Crippen LogP contribution in [-0.2, 0) is 12.7 Å². The molecule has 3 N–H and O–H groups in total. The molecule has 100 valence electrons. The summed E-state index contributed by atoms with van der Waals surface area (Å²) >= 11 is 0. The SMILES string of the molecule is NCc1cc(C(F)(F)F)ccc1N1CCC(O)C1. The molecule has 1 saturated heterocycles. The third kappa shape index (κ3) is 2.59. The second-order valence-corrected chi connectivity index (χ2v) is 4.43. The number of rotatable bonds is 2. The largest absolute Gasteiger partial charge is 0.416 e. The number of alkyl halides is 3. The van der Waals surface area contributed by atoms with Crippen molar-refractivity contribution in [3.63, 3.8) is 0 Å². The standard InChI is InChI=1S/C12H15F3N2O/c13-12(14,15)9-1-2-11(8(5-9)6-16)17-4-3-10(18)7-17/h1-2,5,10,18H,3-4,6-7,16H2. The molecule has 18 heavy (non-hydrogen) atoms. The number of aliphatic hydroxyl groups excluding tert-OH is 1. The van der Waals surface area contributed by atoms with Gasteiger partial charge in [0.1, 0.15) is 0 Å². The van der Waals surface area contributed by atoms with Crippen LogP contribution in [0.1, 0.15) is 17.5 Å². The predicted molar refractivity (Wildman–Crippen MR) is 62.2 cm³/mol. The maximum absolute atomic E-state index is 12.6. The van der Waals surface area contributed by atoms with Crippen molar-refractivity contribution in [3.8, 4) is 0 Å². The third-order valence-electron chi connectivity index (χ3n) is 3.13. The maximum atomic E-state index is 12.6. The van der Waals surface area contributed by atoms with E-state index in [1.54, 1.807) is 0 Å². The lowest BCUT2D eigenvalue weighted by atomic mass is 10.1. The molecule has 0 aliphatic carbocycles. The van der Waals surface area contributed by atoms with E-state index in [1.807, 2.05) is 4.90 Å². The first-order valence-corrected chi connectivity index (χ1v) is 5.75. The van der Waals surface area contributed by atoms with Crippen LogP contribution in [0.2, 0.25) is 0 Å². The number of hydrogen-bond acceptors (Lipinski definition) is 3. The summed E-state index contributed by atoms with van der Waals surface area (Å²) in [5, 5.41) is 9.46. The summed E-state index contributed by atoms with van der Waals surface area (Å²) in [4.78, 5) is 1.87. The Kier molecular flexibility index (Phi) is 3.49. The van der Waals surface area contributed by atoms with Gasteiger partial charge in [0.05, 0.1) is 11.7 Å². The Hall–Kier alpha value is -1.27. The van der Waals surface area contributed by atoms with E-state index in [2.05, 4.69) is 0 Å². The summed E-state index contributed by atoms with van der Waals surface area (Å²) in [6.07, 6.45) is -4.14. The molecule has 1 heterocycles. The van der Waals surface area contributed by atoms with Gasteiger partial charge in [-0.05, 0) is 30.2 Å². The monoisotopic (exact) mass is 260 g/mol. The molecule has 1 aliphatic rings. The normalized spacial score (nSPS) is 20.5. The summed E-state index contributed by atoms with van der Waals surface area (Å²) in [6.45, 7) is 1.13. The predicted octanol–water partition coefficient (Wildman–Crippen LogP) is 1.74. The number of benzene rings is 1. The molecule has 3 nitrogen and oxygen atoms in total. The van der Waals surface area contributed by atoms with Crippen LogP contribution >= 0.6 is 0 Å². The van der Waals surface area contributed by atoms with Gasteiger partial charge in [0.2, 0.25) is 0 Å². The van der Waals surface area contributed by atoms with Crippen LogP contribution in [0.25, 0.3) is 0 Å². The highest BCUT2D eigenvalue weighted by atomic mass is 19.4. The molecule has 1 aliphatic heterocycles. The molecule has 6 heteroatoms. The molecule has 1 atom stereocenters. The first-order chi connectivity index (χ1) is 8.41. The Bertz CT molecular complexity index is 434. The molecule has 1 unspecified atom stereocenters. The van der Waals surface area contributed by atoms with Gasteiger partial charge in [-0.3, -0.25) is 0 Å². The zero-order valence-electron chi connectivity index (χ0n) is 9.74. The zero-order valence-corrected chi connectivity index (χ0v) is 9.74. The molecule has 0 saturated carbocycles. The van der Waals surface area contributed by atoms with Gasteiger partial charge in [-0.2, -0.15) is 13.2 Å². The smallest absolute Gasteiger partial charge is 0.391 e. The van der Waals surface area contributed by atoms with Crippen molar-refractivity contribution in [2.75, 3.05) is 18.0 Å². The molecule has 2 rings (SSSR count). The summed E-state index contributed by atoms with van der Waals surface area (Å²) in [7, 11) is 0. The van der Waals surface area contributed by atoms with Gasteiger partial charge in [0.25, 0.3) is 0 Å². The van der Waals surface area contributed by atoms with Crippen molar-refractivity contribution in [2.45, 2.75) is 25.2 Å². The minimum absolute atomic E-state index is 0.0475. The van der Waals surface area contributed by atoms with E-state index in [0.717, 1.165) is 12.1 Å². The highest BCUT2D eigenvalue weighted by Crippen LogP contribution is 2.33. The second-order valence-electron chi connectivity index (χ2n) is 4.43. The van der Waals surface area contributed by atoms with E-state index in [-0.39, 0.29) is 6.54 Å². The van der Waals surface area contributed by atoms with Crippen LogP contribution in [0.5, 0.6) is 0 Å². The molecular weight excluding hydrogens is 245 g/mol. The summed E-state index contributed by atoms with van der Waals surface area (Å²) in [6, 6.07) is 3.57. The fraction of sp³-hybridized carbons (Fsp3) is 0.500. The lowest BCUT2D eigenvalue weighted by Crippen LogP contribution is -2.23. The molecule has 1 fully saturated rings. The van der Waals surface area contributed by atoms with Crippen molar-refractivity contribution in [1.82, 2.24) is 0 Å². The lowest BCUT2D eigenvalue weighted by Gasteiger charge is -2.22. The van der Waals surface area contributed by atoms with Crippen LogP contribution in [0, 0.1) is 0 Å². The molecule has 1 aromatic carbocycles. The maximum Gasteiger partial charge on any atom is 0.416 e. The second kappa shape index (κ2) is 4.78. The van der Waals surface area contributed by atoms with E-state index >= 15 is 0 Å². The van der Waals surface area contributed by atoms with E-state index in [1.165, 1.54) is 6.07 Å². The quantitative estimate of drug-likeness (QED) is 0.851. The van der Waals surface area contributed by atoms with Crippen LogP contribution < -0.4 is 10.6 Å². The zero-order chi connectivity index (χ0) is 13.3. The molecule has 0 radical (unpaired) electrons. The first-order valence-electron chi connectivity index (χ1n) is 5.75. The summed E-state index contributed by atoms with van der Waals surface area (Å²) in [5.41, 5.74) is 5.96. The van der Waals surface area contributed by atoms with E-state index in [9.17, 15) is 18.3 Å². The summed E-state index contributed by atoms with van der Waals surface area (Å²) < 4.78 is 37.7. The Balaban J connectivity index is 2.32. The molecule has 0 amide bonds. The van der Waals surface area contributed by atoms with Crippen molar-refractivity contribution in [1.29, 1.82) is 0 Å². The van der Waals surface area contributed by atoms with Crippen molar-refractivity contribution in [3.05, 3.63) is 29.3 Å². The Morgan fingerprint density at radius 3 is 2.61 bits per heavy atom. The fourth-order valence-corrected chi connectivity index (χ4v) is 2.19. The molecular formula is C12H15F3N2O. The van der Waals surface area contributed by atoms with Gasteiger partial charge in [-0.1, -0.05) is 0 Å². The highest BCUT2D eigenvalue weighted by Gasteiger charge is 2.31. The van der Waals surface area contributed by atoms with Gasteiger partial charge in [0.15, 0.2) is 0 Å².